The molecule has 0 aliphatic rings. The first-order chi connectivity index (χ1) is 17.3. The third-order valence-corrected chi connectivity index (χ3v) is 6.58. The van der Waals surface area contributed by atoms with Crippen LogP contribution < -0.4 is 0 Å². The maximum Gasteiger partial charge on any atom is 0.106 e. The fourth-order valence-corrected chi connectivity index (χ4v) is 4.46. The van der Waals surface area contributed by atoms with Crippen LogP contribution in [-0.2, 0) is 12.8 Å². The summed E-state index contributed by atoms with van der Waals surface area (Å²) in [7, 11) is 0. The quantitative estimate of drug-likeness (QED) is 0.180. The van der Waals surface area contributed by atoms with Crippen LogP contribution in [0.15, 0.2) is 48.8 Å². The minimum Gasteiger partial charge on any atom is -0.396 e. The van der Waals surface area contributed by atoms with Crippen molar-refractivity contribution in [1.82, 2.24) is 15.0 Å². The molecule has 1 aromatic carbocycles. The number of benzene rings is 1. The number of nitrogens with one attached hydrogen (secondary N) is 1. The molecule has 0 aliphatic heterocycles. The number of nitrogens with zero attached hydrogens (tertiary/aromatic N) is 2. The summed E-state index contributed by atoms with van der Waals surface area (Å²) in [5.74, 6) is 1.08. The highest BCUT2D eigenvalue weighted by Gasteiger charge is 2.01. The fourth-order valence-electron chi connectivity index (χ4n) is 4.46. The zero-order valence-electron chi connectivity index (χ0n) is 22.2. The summed E-state index contributed by atoms with van der Waals surface area (Å²) in [6.07, 6.45) is 26.5. The van der Waals surface area contributed by atoms with Gasteiger partial charge in [-0.05, 0) is 18.6 Å². The molecule has 0 fully saturated rings. The summed E-state index contributed by atoms with van der Waals surface area (Å²) in [4.78, 5) is 11.9. The monoisotopic (exact) mass is 479 g/mol. The SMILES string of the molecule is CCCCCCCCCCCCCCCCCc1nc(CCO)c[nH]1.c1ccc2ncccc2c1. The van der Waals surface area contributed by atoms with Crippen molar-refractivity contribution in [3.63, 3.8) is 0 Å². The lowest BCUT2D eigenvalue weighted by Crippen LogP contribution is -1.92. The Bertz CT molecular complexity index is 811. The van der Waals surface area contributed by atoms with Crippen molar-refractivity contribution in [2.45, 2.75) is 116 Å². The number of aromatic amines is 1. The van der Waals surface area contributed by atoms with Gasteiger partial charge in [0.05, 0.1) is 11.2 Å². The first-order valence-electron chi connectivity index (χ1n) is 14.3. The Kier molecular flexibility index (Phi) is 16.6. The predicted octanol–water partition coefficient (Wildman–Crippen LogP) is 8.59. The zero-order chi connectivity index (χ0) is 24.8. The van der Waals surface area contributed by atoms with Crippen molar-refractivity contribution in [1.29, 1.82) is 0 Å². The summed E-state index contributed by atoms with van der Waals surface area (Å²) in [5, 5.41) is 10.1. The molecule has 0 atom stereocenters. The number of aliphatic hydroxyl groups is 1. The molecule has 3 rings (SSSR count). The van der Waals surface area contributed by atoms with Crippen LogP contribution in [0.4, 0.5) is 0 Å². The molecule has 0 spiro atoms. The molecule has 2 N–H and O–H groups in total. The van der Waals surface area contributed by atoms with Gasteiger partial charge in [-0.1, -0.05) is 121 Å². The number of imidazole rings is 1. The van der Waals surface area contributed by atoms with E-state index in [4.69, 9.17) is 5.11 Å². The van der Waals surface area contributed by atoms with Gasteiger partial charge in [-0.2, -0.15) is 0 Å². The third-order valence-electron chi connectivity index (χ3n) is 6.58. The normalized spacial score (nSPS) is 10.9. The second-order valence-electron chi connectivity index (χ2n) is 9.71. The molecule has 4 nitrogen and oxygen atoms in total. The van der Waals surface area contributed by atoms with E-state index in [-0.39, 0.29) is 6.61 Å². The molecule has 0 aliphatic carbocycles. The number of pyridine rings is 1. The number of aryl methyl sites for hydroxylation is 1. The average molecular weight is 480 g/mol. The van der Waals surface area contributed by atoms with Crippen molar-refractivity contribution < 1.29 is 5.11 Å². The second-order valence-corrected chi connectivity index (χ2v) is 9.71. The van der Waals surface area contributed by atoms with Crippen LogP contribution in [0.3, 0.4) is 0 Å². The van der Waals surface area contributed by atoms with Crippen LogP contribution in [0.25, 0.3) is 10.9 Å². The highest BCUT2D eigenvalue weighted by Crippen LogP contribution is 2.14. The van der Waals surface area contributed by atoms with Gasteiger partial charge in [-0.25, -0.2) is 4.98 Å². The van der Waals surface area contributed by atoms with Crippen molar-refractivity contribution in [2.24, 2.45) is 0 Å². The van der Waals surface area contributed by atoms with Crippen LogP contribution in [0, 0.1) is 0 Å². The molecule has 4 heteroatoms. The van der Waals surface area contributed by atoms with E-state index in [0.717, 1.165) is 23.5 Å². The van der Waals surface area contributed by atoms with E-state index in [9.17, 15) is 0 Å². The fraction of sp³-hybridized carbons (Fsp3) is 0.613. The van der Waals surface area contributed by atoms with Gasteiger partial charge in [0.1, 0.15) is 5.82 Å². The molecule has 0 saturated heterocycles. The largest absolute Gasteiger partial charge is 0.396 e. The molecule has 194 valence electrons. The molecule has 0 unspecified atom stereocenters. The van der Waals surface area contributed by atoms with Gasteiger partial charge in [0.15, 0.2) is 0 Å². The lowest BCUT2D eigenvalue weighted by Gasteiger charge is -2.03. The Morgan fingerprint density at radius 1 is 0.686 bits per heavy atom. The number of aliphatic hydroxyl groups excluding tert-OH is 1. The molecule has 0 bridgehead atoms. The Hall–Kier alpha value is -2.20. The van der Waals surface area contributed by atoms with Crippen LogP contribution in [-0.4, -0.2) is 26.7 Å². The van der Waals surface area contributed by atoms with E-state index in [1.807, 2.05) is 36.7 Å². The minimum absolute atomic E-state index is 0.184. The number of hydrogen-bond acceptors (Lipinski definition) is 3. The van der Waals surface area contributed by atoms with Gasteiger partial charge < -0.3 is 10.1 Å². The first kappa shape index (κ1) is 29.0. The molecule has 2 heterocycles. The van der Waals surface area contributed by atoms with Crippen molar-refractivity contribution in [2.75, 3.05) is 6.61 Å². The van der Waals surface area contributed by atoms with Gasteiger partial charge in [0.2, 0.25) is 0 Å². The summed E-state index contributed by atoms with van der Waals surface area (Å²) in [5.41, 5.74) is 2.04. The highest BCUT2D eigenvalue weighted by molar-refractivity contribution is 5.77. The molecule has 2 aromatic heterocycles. The highest BCUT2D eigenvalue weighted by atomic mass is 16.3. The van der Waals surface area contributed by atoms with Crippen LogP contribution in [0.5, 0.6) is 0 Å². The Morgan fingerprint density at radius 2 is 1.26 bits per heavy atom. The molecule has 0 amide bonds. The number of rotatable bonds is 18. The second kappa shape index (κ2) is 20.0. The van der Waals surface area contributed by atoms with Gasteiger partial charge >= 0.3 is 0 Å². The number of para-hydroxylation sites is 1. The van der Waals surface area contributed by atoms with E-state index < -0.39 is 0 Å². The van der Waals surface area contributed by atoms with Gasteiger partial charge in [0, 0.05) is 37.2 Å². The lowest BCUT2D eigenvalue weighted by molar-refractivity contribution is 0.298. The molecular weight excluding hydrogens is 430 g/mol. The number of fused-ring (bicyclic) bond motifs is 1. The number of H-pyrrole nitrogens is 1. The topological polar surface area (TPSA) is 61.8 Å². The maximum atomic E-state index is 8.89. The van der Waals surface area contributed by atoms with E-state index in [2.05, 4.69) is 34.0 Å². The van der Waals surface area contributed by atoms with E-state index in [1.54, 1.807) is 0 Å². The zero-order valence-corrected chi connectivity index (χ0v) is 22.2. The first-order valence-corrected chi connectivity index (χ1v) is 14.3. The molecule has 0 radical (unpaired) electrons. The molecule has 0 saturated carbocycles. The Balaban J connectivity index is 0.000000353. The number of aromatic nitrogens is 3. The van der Waals surface area contributed by atoms with Crippen molar-refractivity contribution in [3.8, 4) is 0 Å². The van der Waals surface area contributed by atoms with E-state index in [0.29, 0.717) is 6.42 Å². The summed E-state index contributed by atoms with van der Waals surface area (Å²) in [6.45, 7) is 2.47. The van der Waals surface area contributed by atoms with Gasteiger partial charge in [-0.15, -0.1) is 0 Å². The third kappa shape index (κ3) is 14.1. The predicted molar refractivity (Wildman–Crippen MR) is 150 cm³/mol. The Labute approximate surface area is 214 Å². The average Bonchev–Trinajstić information content (AvgIpc) is 3.34. The smallest absolute Gasteiger partial charge is 0.106 e. The molecule has 3 aromatic rings. The maximum absolute atomic E-state index is 8.89. The van der Waals surface area contributed by atoms with Crippen molar-refractivity contribution in [3.05, 3.63) is 60.3 Å². The number of unbranched alkanes of at least 4 members (excludes halogenated alkanes) is 14. The van der Waals surface area contributed by atoms with Gasteiger partial charge in [0.25, 0.3) is 0 Å². The Morgan fingerprint density at radius 3 is 1.86 bits per heavy atom. The lowest BCUT2D eigenvalue weighted by atomic mass is 10.0. The molecule has 35 heavy (non-hydrogen) atoms. The van der Waals surface area contributed by atoms with Crippen LogP contribution in [0.1, 0.15) is 115 Å². The summed E-state index contributed by atoms with van der Waals surface area (Å²) >= 11 is 0. The standard InChI is InChI=1S/C22H42N2O.C9H7N/c1-2-3-4-5-6-7-8-9-10-11-12-13-14-15-16-17-22-23-20-21(24-22)18-19-25;1-2-6-9-8(4-1)5-3-7-10-9/h20,25H,2-19H2,1H3,(H,23,24);1-7H. The van der Waals surface area contributed by atoms with Crippen LogP contribution >= 0.6 is 0 Å². The summed E-state index contributed by atoms with van der Waals surface area (Å²) in [6, 6.07) is 12.1. The van der Waals surface area contributed by atoms with Crippen molar-refractivity contribution >= 4 is 10.9 Å². The number of hydrogen-bond donors (Lipinski definition) is 2. The molecular formula is C31H49N3O. The van der Waals surface area contributed by atoms with Gasteiger partial charge in [-0.3, -0.25) is 4.98 Å². The van der Waals surface area contributed by atoms with Crippen LogP contribution in [0.2, 0.25) is 0 Å². The van der Waals surface area contributed by atoms with E-state index >= 15 is 0 Å². The summed E-state index contributed by atoms with van der Waals surface area (Å²) < 4.78 is 0. The minimum atomic E-state index is 0.184. The van der Waals surface area contributed by atoms with E-state index in [1.165, 1.54) is 102 Å².